The highest BCUT2D eigenvalue weighted by Gasteiger charge is 2.18. The zero-order valence-electron chi connectivity index (χ0n) is 27.1. The van der Waals surface area contributed by atoms with Gasteiger partial charge in [0.15, 0.2) is 22.0 Å². The fourth-order valence-electron chi connectivity index (χ4n) is 4.68. The Morgan fingerprint density at radius 1 is 0.481 bits per heavy atom. The molecule has 0 aliphatic rings. The highest BCUT2D eigenvalue weighted by molar-refractivity contribution is 6.71. The maximum Gasteiger partial charge on any atom is 0.168 e. The third-order valence-electron chi connectivity index (χ3n) is 6.97. The summed E-state index contributed by atoms with van der Waals surface area (Å²) in [7, 11) is 0. The summed E-state index contributed by atoms with van der Waals surface area (Å²) in [5, 5.41) is 17.0. The lowest BCUT2D eigenvalue weighted by Gasteiger charge is -2.11. The maximum absolute atomic E-state index is 13.8. The first-order valence-corrected chi connectivity index (χ1v) is 16.3. The van der Waals surface area contributed by atoms with Crippen molar-refractivity contribution in [2.24, 2.45) is 10.2 Å². The van der Waals surface area contributed by atoms with Crippen LogP contribution in [-0.2, 0) is 0 Å². The van der Waals surface area contributed by atoms with E-state index < -0.39 is 23.3 Å². The second-order valence-corrected chi connectivity index (χ2v) is 11.5. The van der Waals surface area contributed by atoms with Gasteiger partial charge >= 0.3 is 0 Å². The Morgan fingerprint density at radius 3 is 1.15 bits per heavy atom. The predicted molar refractivity (Wildman–Crippen MR) is 201 cm³/mol. The second kappa shape index (κ2) is 18.2. The Balaban J connectivity index is 0.000000168. The van der Waals surface area contributed by atoms with Crippen LogP contribution in [0.2, 0.25) is 0 Å². The van der Waals surface area contributed by atoms with Crippen LogP contribution < -0.4 is 5.73 Å². The van der Waals surface area contributed by atoms with Crippen LogP contribution in [0.4, 0.5) is 23.2 Å². The van der Waals surface area contributed by atoms with Gasteiger partial charge in [-0.3, -0.25) is 4.57 Å². The minimum atomic E-state index is -0.651. The number of hydrogen-bond donors (Lipinski definition) is 1. The normalized spacial score (nSPS) is 11.2. The van der Waals surface area contributed by atoms with Crippen LogP contribution in [-0.4, -0.2) is 25.1 Å². The monoisotopic (exact) mass is 738 g/mol. The SMILES string of the molecule is Cl/C(=N\N=C(/Cl)c1ccccc1)c1ccccc1.Fc1cc(F)cc(-n2c(-c3ccccc3)nnc2-c2ccccc2)c1.Nc1cc(F)cc(F)c1. The molecule has 0 saturated carbocycles. The lowest BCUT2D eigenvalue weighted by Crippen LogP contribution is -2.01. The Morgan fingerprint density at radius 2 is 0.808 bits per heavy atom. The van der Waals surface area contributed by atoms with E-state index in [1.807, 2.05) is 121 Å². The van der Waals surface area contributed by atoms with E-state index in [2.05, 4.69) is 20.4 Å². The molecule has 1 aromatic heterocycles. The minimum Gasteiger partial charge on any atom is -0.399 e. The van der Waals surface area contributed by atoms with Gasteiger partial charge in [-0.2, -0.15) is 0 Å². The molecule has 0 radical (unpaired) electrons. The van der Waals surface area contributed by atoms with Gasteiger partial charge in [-0.1, -0.05) is 145 Å². The Labute approximate surface area is 307 Å². The lowest BCUT2D eigenvalue weighted by atomic mass is 10.1. The van der Waals surface area contributed by atoms with Gasteiger partial charge in [0.2, 0.25) is 0 Å². The number of nitrogen functional groups attached to an aromatic ring is 1. The lowest BCUT2D eigenvalue weighted by molar-refractivity contribution is 0.581. The molecule has 2 N–H and O–H groups in total. The minimum absolute atomic E-state index is 0.104. The van der Waals surface area contributed by atoms with Crippen molar-refractivity contribution in [1.29, 1.82) is 0 Å². The van der Waals surface area contributed by atoms with Gasteiger partial charge in [0.1, 0.15) is 23.3 Å². The number of nitrogens with two attached hydrogens (primary N) is 1. The molecule has 0 aliphatic heterocycles. The quantitative estimate of drug-likeness (QED) is 0.0798. The van der Waals surface area contributed by atoms with Gasteiger partial charge < -0.3 is 5.73 Å². The third kappa shape index (κ3) is 10.5. The zero-order valence-corrected chi connectivity index (χ0v) is 28.6. The fourth-order valence-corrected chi connectivity index (χ4v) is 5.00. The van der Waals surface area contributed by atoms with Crippen LogP contribution >= 0.6 is 23.2 Å². The first-order valence-electron chi connectivity index (χ1n) is 15.5. The van der Waals surface area contributed by atoms with E-state index >= 15 is 0 Å². The molecule has 1 heterocycles. The van der Waals surface area contributed by atoms with Crippen LogP contribution in [0.5, 0.6) is 0 Å². The Bertz CT molecular complexity index is 2090. The summed E-state index contributed by atoms with van der Waals surface area (Å²) in [6.45, 7) is 0. The van der Waals surface area contributed by atoms with E-state index in [4.69, 9.17) is 28.9 Å². The smallest absolute Gasteiger partial charge is 0.168 e. The van der Waals surface area contributed by atoms with E-state index in [0.29, 0.717) is 27.7 Å². The number of aromatic nitrogens is 3. The van der Waals surface area contributed by atoms with Crippen LogP contribution in [0.3, 0.4) is 0 Å². The van der Waals surface area contributed by atoms with Crippen molar-refractivity contribution in [2.45, 2.75) is 0 Å². The highest BCUT2D eigenvalue weighted by atomic mass is 35.5. The molecule has 0 amide bonds. The summed E-state index contributed by atoms with van der Waals surface area (Å²) in [4.78, 5) is 0. The Hall–Kier alpha value is -6.10. The fraction of sp³-hybridized carbons (Fsp3) is 0. The standard InChI is InChI=1S/C20H13F2N3.C14H10Cl2N2.C6H5F2N/c21-16-11-17(22)13-18(12-16)25-19(14-7-3-1-4-8-14)23-24-20(25)15-9-5-2-6-10-15;15-13(11-7-3-1-4-8-11)17-18-14(16)12-9-5-2-6-10-12;7-4-1-5(8)3-6(9)2-4/h1-13H;1-10H;1-3H,9H2/b;17-13-,18-14-;. The molecule has 0 unspecified atom stereocenters. The van der Waals surface area contributed by atoms with Gasteiger partial charge in [0.05, 0.1) is 5.69 Å². The van der Waals surface area contributed by atoms with Crippen LogP contribution in [0.25, 0.3) is 28.5 Å². The predicted octanol–water partition coefficient (Wildman–Crippen LogP) is 10.7. The van der Waals surface area contributed by atoms with Crippen molar-refractivity contribution in [3.63, 3.8) is 0 Å². The molecule has 12 heteroatoms. The van der Waals surface area contributed by atoms with Gasteiger partial charge in [0, 0.05) is 40.1 Å². The second-order valence-electron chi connectivity index (χ2n) is 10.8. The van der Waals surface area contributed by atoms with E-state index in [9.17, 15) is 17.6 Å². The molecule has 0 bridgehead atoms. The summed E-state index contributed by atoms with van der Waals surface area (Å²) < 4.78 is 53.5. The molecule has 7 aromatic rings. The molecule has 0 spiro atoms. The van der Waals surface area contributed by atoms with Crippen molar-refractivity contribution in [3.8, 4) is 28.5 Å². The van der Waals surface area contributed by atoms with Crippen LogP contribution in [0, 0.1) is 23.3 Å². The van der Waals surface area contributed by atoms with E-state index in [-0.39, 0.29) is 5.69 Å². The highest BCUT2D eigenvalue weighted by Crippen LogP contribution is 2.29. The summed E-state index contributed by atoms with van der Waals surface area (Å²) in [5.74, 6) is -1.56. The molecular weight excluding hydrogens is 711 g/mol. The van der Waals surface area contributed by atoms with E-state index in [1.165, 1.54) is 12.1 Å². The molecule has 52 heavy (non-hydrogen) atoms. The van der Waals surface area contributed by atoms with E-state index in [0.717, 1.165) is 46.5 Å². The average Bonchev–Trinajstić information content (AvgIpc) is 3.60. The molecule has 0 aliphatic carbocycles. The molecule has 7 rings (SSSR count). The van der Waals surface area contributed by atoms with Crippen molar-refractivity contribution >= 4 is 39.2 Å². The number of anilines is 1. The zero-order chi connectivity index (χ0) is 36.9. The maximum atomic E-state index is 13.8. The summed E-state index contributed by atoms with van der Waals surface area (Å²) in [6.07, 6.45) is 0. The number of benzene rings is 6. The molecular formula is C40H28Cl2F4N6. The van der Waals surface area contributed by atoms with E-state index in [1.54, 1.807) is 4.57 Å². The first kappa shape index (κ1) is 37.2. The van der Waals surface area contributed by atoms with Crippen molar-refractivity contribution < 1.29 is 17.6 Å². The first-order chi connectivity index (χ1) is 25.2. The number of rotatable bonds is 6. The average molecular weight is 740 g/mol. The van der Waals surface area contributed by atoms with Gasteiger partial charge in [-0.25, -0.2) is 17.6 Å². The van der Waals surface area contributed by atoms with Crippen molar-refractivity contribution in [2.75, 3.05) is 5.73 Å². The van der Waals surface area contributed by atoms with Gasteiger partial charge in [0.25, 0.3) is 0 Å². The molecule has 0 atom stereocenters. The number of halogens is 6. The Kier molecular flexibility index (Phi) is 13.0. The van der Waals surface area contributed by atoms with Crippen molar-refractivity contribution in [3.05, 3.63) is 192 Å². The van der Waals surface area contributed by atoms with Gasteiger partial charge in [-0.15, -0.1) is 20.4 Å². The molecule has 0 saturated heterocycles. The van der Waals surface area contributed by atoms with Gasteiger partial charge in [-0.05, 0) is 24.3 Å². The summed E-state index contributed by atoms with van der Waals surface area (Å²) in [6, 6.07) is 43.9. The molecule has 260 valence electrons. The topological polar surface area (TPSA) is 81.5 Å². The van der Waals surface area contributed by atoms with Crippen LogP contribution in [0.1, 0.15) is 11.1 Å². The molecule has 6 aromatic carbocycles. The molecule has 0 fully saturated rings. The molecule has 6 nitrogen and oxygen atoms in total. The summed E-state index contributed by atoms with van der Waals surface area (Å²) >= 11 is 12.0. The van der Waals surface area contributed by atoms with Crippen molar-refractivity contribution in [1.82, 2.24) is 14.8 Å². The largest absolute Gasteiger partial charge is 0.399 e. The van der Waals surface area contributed by atoms with Crippen LogP contribution in [0.15, 0.2) is 168 Å². The number of nitrogens with zero attached hydrogens (tertiary/aromatic N) is 5. The number of hydrogen-bond acceptors (Lipinski definition) is 5. The summed E-state index contributed by atoms with van der Waals surface area (Å²) in [5.41, 5.74) is 8.74. The third-order valence-corrected chi connectivity index (χ3v) is 7.55.